The molecular weight excluding hydrogens is 578 g/mol. The van der Waals surface area contributed by atoms with Crippen molar-refractivity contribution in [3.63, 3.8) is 0 Å². The Morgan fingerprint density at radius 3 is 2.18 bits per heavy atom. The minimum Gasteiger partial charge on any atom is -0.352 e. The molecule has 9 heteroatoms. The SMILES string of the molecule is CC[C@@H](C)NC(=O)[C@@H](CC)N(Cc1cccc(C)c1)C(=O)CN(c1ccc(Br)cc1)S(=O)(=O)c1ccccc1. The number of sulfonamides is 1. The predicted octanol–water partition coefficient (Wildman–Crippen LogP) is 5.67. The van der Waals surface area contributed by atoms with Gasteiger partial charge in [-0.15, -0.1) is 0 Å². The molecule has 0 bridgehead atoms. The van der Waals surface area contributed by atoms with Gasteiger partial charge in [0.1, 0.15) is 12.6 Å². The van der Waals surface area contributed by atoms with Crippen LogP contribution in [0, 0.1) is 6.92 Å². The molecule has 0 radical (unpaired) electrons. The molecule has 208 valence electrons. The first-order valence-electron chi connectivity index (χ1n) is 13.1. The number of benzene rings is 3. The third-order valence-corrected chi connectivity index (χ3v) is 8.86. The van der Waals surface area contributed by atoms with Gasteiger partial charge in [0.15, 0.2) is 0 Å². The number of nitrogens with one attached hydrogen (secondary N) is 1. The van der Waals surface area contributed by atoms with Crippen molar-refractivity contribution >= 4 is 43.5 Å². The van der Waals surface area contributed by atoms with Crippen LogP contribution in [0.15, 0.2) is 88.2 Å². The Morgan fingerprint density at radius 2 is 1.59 bits per heavy atom. The summed E-state index contributed by atoms with van der Waals surface area (Å²) in [5, 5.41) is 2.99. The van der Waals surface area contributed by atoms with Crippen LogP contribution in [0.5, 0.6) is 0 Å². The van der Waals surface area contributed by atoms with Gasteiger partial charge in [-0.05, 0) is 68.7 Å². The molecular formula is C30H36BrN3O4S. The summed E-state index contributed by atoms with van der Waals surface area (Å²) in [6.07, 6.45) is 1.13. The Kier molecular flexibility index (Phi) is 10.7. The lowest BCUT2D eigenvalue weighted by Gasteiger charge is -2.33. The zero-order valence-electron chi connectivity index (χ0n) is 22.8. The third-order valence-electron chi connectivity index (χ3n) is 6.55. The maximum atomic E-state index is 14.1. The Labute approximate surface area is 240 Å². The van der Waals surface area contributed by atoms with Crippen molar-refractivity contribution in [3.05, 3.63) is 94.5 Å². The number of carbonyl (C=O) groups is 2. The molecule has 3 aromatic carbocycles. The Bertz CT molecular complexity index is 1360. The Balaban J connectivity index is 2.04. The van der Waals surface area contributed by atoms with Gasteiger partial charge in [0.2, 0.25) is 11.8 Å². The second kappa shape index (κ2) is 13.8. The van der Waals surface area contributed by atoms with E-state index in [2.05, 4.69) is 21.2 Å². The molecule has 0 saturated heterocycles. The average molecular weight is 615 g/mol. The lowest BCUT2D eigenvalue weighted by Crippen LogP contribution is -2.53. The monoisotopic (exact) mass is 613 g/mol. The molecule has 0 aliphatic carbocycles. The molecule has 3 aromatic rings. The van der Waals surface area contributed by atoms with Gasteiger partial charge in [0.25, 0.3) is 10.0 Å². The van der Waals surface area contributed by atoms with Gasteiger partial charge in [-0.3, -0.25) is 13.9 Å². The van der Waals surface area contributed by atoms with Crippen LogP contribution < -0.4 is 9.62 Å². The van der Waals surface area contributed by atoms with E-state index >= 15 is 0 Å². The molecule has 3 rings (SSSR count). The van der Waals surface area contributed by atoms with Crippen molar-refractivity contribution in [2.45, 2.75) is 64.1 Å². The molecule has 0 spiro atoms. The standard InChI is InChI=1S/C30H36BrN3O4S/c1-5-23(4)32-30(36)28(6-2)33(20-24-12-10-11-22(3)19-24)29(35)21-34(26-17-15-25(31)16-18-26)39(37,38)27-13-8-7-9-14-27/h7-19,23,28H,5-6,20-21H2,1-4H3,(H,32,36)/t23-,28-/m1/s1. The fraction of sp³-hybridized carbons (Fsp3) is 0.333. The molecule has 1 N–H and O–H groups in total. The first kappa shape index (κ1) is 30.4. The summed E-state index contributed by atoms with van der Waals surface area (Å²) < 4.78 is 29.5. The maximum absolute atomic E-state index is 14.1. The summed E-state index contributed by atoms with van der Waals surface area (Å²) in [7, 11) is -4.08. The number of carbonyl (C=O) groups excluding carboxylic acids is 2. The predicted molar refractivity (Wildman–Crippen MR) is 159 cm³/mol. The first-order chi connectivity index (χ1) is 18.6. The summed E-state index contributed by atoms with van der Waals surface area (Å²) in [6.45, 7) is 7.42. The number of halogens is 1. The lowest BCUT2D eigenvalue weighted by molar-refractivity contribution is -0.140. The molecule has 0 heterocycles. The summed E-state index contributed by atoms with van der Waals surface area (Å²) in [5.74, 6) is -0.723. The Hall–Kier alpha value is -3.17. The van der Waals surface area contributed by atoms with Crippen LogP contribution >= 0.6 is 15.9 Å². The number of aryl methyl sites for hydroxylation is 1. The zero-order valence-corrected chi connectivity index (χ0v) is 25.2. The van der Waals surface area contributed by atoms with E-state index in [1.165, 1.54) is 17.0 Å². The summed E-state index contributed by atoms with van der Waals surface area (Å²) in [5.41, 5.74) is 2.24. The van der Waals surface area contributed by atoms with E-state index in [0.29, 0.717) is 12.1 Å². The normalized spacial score (nSPS) is 12.8. The van der Waals surface area contributed by atoms with Crippen molar-refractivity contribution in [2.75, 3.05) is 10.8 Å². The van der Waals surface area contributed by atoms with Gasteiger partial charge in [-0.1, -0.05) is 77.8 Å². The fourth-order valence-corrected chi connectivity index (χ4v) is 5.92. The van der Waals surface area contributed by atoms with Gasteiger partial charge in [-0.25, -0.2) is 8.42 Å². The van der Waals surface area contributed by atoms with Crippen LogP contribution in [0.4, 0.5) is 5.69 Å². The van der Waals surface area contributed by atoms with Crippen LogP contribution in [-0.2, 0) is 26.2 Å². The highest BCUT2D eigenvalue weighted by Gasteiger charge is 2.33. The fourth-order valence-electron chi connectivity index (χ4n) is 4.22. The van der Waals surface area contributed by atoms with Crippen molar-refractivity contribution in [1.82, 2.24) is 10.2 Å². The van der Waals surface area contributed by atoms with Crippen molar-refractivity contribution in [1.29, 1.82) is 0 Å². The minimum atomic E-state index is -4.08. The summed E-state index contributed by atoms with van der Waals surface area (Å²) in [4.78, 5) is 28.9. The van der Waals surface area contributed by atoms with Crippen LogP contribution in [0.2, 0.25) is 0 Å². The van der Waals surface area contributed by atoms with E-state index in [1.54, 1.807) is 42.5 Å². The molecule has 0 fully saturated rings. The number of hydrogen-bond donors (Lipinski definition) is 1. The highest BCUT2D eigenvalue weighted by Crippen LogP contribution is 2.26. The maximum Gasteiger partial charge on any atom is 0.264 e. The second-order valence-corrected chi connectivity index (χ2v) is 12.3. The van der Waals surface area contributed by atoms with E-state index in [-0.39, 0.29) is 23.4 Å². The molecule has 0 aliphatic heterocycles. The lowest BCUT2D eigenvalue weighted by atomic mass is 10.1. The van der Waals surface area contributed by atoms with E-state index in [1.807, 2.05) is 52.0 Å². The van der Waals surface area contributed by atoms with Crippen LogP contribution in [0.25, 0.3) is 0 Å². The van der Waals surface area contributed by atoms with E-state index < -0.39 is 28.5 Å². The quantitative estimate of drug-likeness (QED) is 0.285. The van der Waals surface area contributed by atoms with Crippen molar-refractivity contribution < 1.29 is 18.0 Å². The molecule has 2 amide bonds. The molecule has 0 aromatic heterocycles. The van der Waals surface area contributed by atoms with Gasteiger partial charge in [-0.2, -0.15) is 0 Å². The molecule has 0 unspecified atom stereocenters. The van der Waals surface area contributed by atoms with Crippen LogP contribution in [0.1, 0.15) is 44.7 Å². The minimum absolute atomic E-state index is 0.0554. The van der Waals surface area contributed by atoms with Gasteiger partial charge in [0.05, 0.1) is 10.6 Å². The molecule has 0 saturated carbocycles. The second-order valence-electron chi connectivity index (χ2n) is 9.55. The smallest absolute Gasteiger partial charge is 0.264 e. The third kappa shape index (κ3) is 7.92. The van der Waals surface area contributed by atoms with Gasteiger partial charge in [0, 0.05) is 17.1 Å². The van der Waals surface area contributed by atoms with Gasteiger partial charge < -0.3 is 10.2 Å². The van der Waals surface area contributed by atoms with E-state index in [4.69, 9.17) is 0 Å². The highest BCUT2D eigenvalue weighted by atomic mass is 79.9. The Morgan fingerprint density at radius 1 is 0.923 bits per heavy atom. The molecule has 39 heavy (non-hydrogen) atoms. The van der Waals surface area contributed by atoms with Crippen molar-refractivity contribution in [2.24, 2.45) is 0 Å². The molecule has 0 aliphatic rings. The average Bonchev–Trinajstić information content (AvgIpc) is 2.92. The largest absolute Gasteiger partial charge is 0.352 e. The number of amides is 2. The number of nitrogens with zero attached hydrogens (tertiary/aromatic N) is 2. The van der Waals surface area contributed by atoms with Crippen LogP contribution in [-0.4, -0.2) is 43.8 Å². The first-order valence-corrected chi connectivity index (χ1v) is 15.3. The molecule has 2 atom stereocenters. The van der Waals surface area contributed by atoms with Crippen LogP contribution in [0.3, 0.4) is 0 Å². The number of rotatable bonds is 12. The number of hydrogen-bond acceptors (Lipinski definition) is 4. The summed E-state index contributed by atoms with van der Waals surface area (Å²) in [6, 6.07) is 21.7. The highest BCUT2D eigenvalue weighted by molar-refractivity contribution is 9.10. The topological polar surface area (TPSA) is 86.8 Å². The summed E-state index contributed by atoms with van der Waals surface area (Å²) >= 11 is 3.39. The zero-order chi connectivity index (χ0) is 28.6. The molecule has 7 nitrogen and oxygen atoms in total. The van der Waals surface area contributed by atoms with Crippen molar-refractivity contribution in [3.8, 4) is 0 Å². The number of anilines is 1. The van der Waals surface area contributed by atoms with Gasteiger partial charge >= 0.3 is 0 Å². The van der Waals surface area contributed by atoms with E-state index in [0.717, 1.165) is 26.3 Å². The van der Waals surface area contributed by atoms with E-state index in [9.17, 15) is 18.0 Å².